The first-order chi connectivity index (χ1) is 10.6. The lowest BCUT2D eigenvalue weighted by Gasteiger charge is -2.11. The Bertz CT molecular complexity index is 843. The van der Waals surface area contributed by atoms with Crippen LogP contribution in [0.5, 0.6) is 0 Å². The summed E-state index contributed by atoms with van der Waals surface area (Å²) in [5.41, 5.74) is 2.88. The minimum Gasteiger partial charge on any atom is -0.462 e. The van der Waals surface area contributed by atoms with Crippen LogP contribution in [-0.2, 0) is 4.74 Å². The zero-order chi connectivity index (χ0) is 15.7. The molecule has 0 aliphatic rings. The number of halogens is 1. The molecule has 22 heavy (non-hydrogen) atoms. The van der Waals surface area contributed by atoms with Crippen LogP contribution in [0, 0.1) is 6.92 Å². The topological polar surface area (TPSA) is 39.2 Å². The molecule has 2 heterocycles. The normalized spacial score (nSPS) is 10.9. The third kappa shape index (κ3) is 2.60. The molecule has 0 atom stereocenters. The van der Waals surface area contributed by atoms with Gasteiger partial charge in [0.2, 0.25) is 0 Å². The van der Waals surface area contributed by atoms with Crippen LogP contribution < -0.4 is 0 Å². The molecule has 0 unspecified atom stereocenters. The Morgan fingerprint density at radius 3 is 2.86 bits per heavy atom. The highest BCUT2D eigenvalue weighted by molar-refractivity contribution is 7.13. The number of carbonyl (C=O) groups excluding carboxylic acids is 1. The van der Waals surface area contributed by atoms with Gasteiger partial charge in [-0.05, 0) is 43.0 Å². The summed E-state index contributed by atoms with van der Waals surface area (Å²) in [6.45, 7) is 4.04. The molecule has 0 amide bonds. The van der Waals surface area contributed by atoms with Gasteiger partial charge in [-0.1, -0.05) is 23.7 Å². The monoisotopic (exact) mass is 331 g/mol. The number of rotatable bonds is 3. The van der Waals surface area contributed by atoms with Gasteiger partial charge < -0.3 is 4.74 Å². The Balaban J connectivity index is 2.31. The number of pyridine rings is 1. The fourth-order valence-corrected chi connectivity index (χ4v) is 3.17. The van der Waals surface area contributed by atoms with Gasteiger partial charge in [-0.3, -0.25) is 0 Å². The molecule has 0 saturated carbocycles. The van der Waals surface area contributed by atoms with Crippen LogP contribution in [0.25, 0.3) is 21.5 Å². The molecule has 1 aromatic carbocycles. The number of aryl methyl sites for hydroxylation is 1. The number of aromatic nitrogens is 1. The summed E-state index contributed by atoms with van der Waals surface area (Å²) < 4.78 is 5.18. The number of hydrogen-bond acceptors (Lipinski definition) is 4. The van der Waals surface area contributed by atoms with Crippen LogP contribution in [0.2, 0.25) is 5.02 Å². The zero-order valence-electron chi connectivity index (χ0n) is 12.2. The van der Waals surface area contributed by atoms with E-state index in [0.717, 1.165) is 27.0 Å². The summed E-state index contributed by atoms with van der Waals surface area (Å²) in [5.74, 6) is -0.338. The maximum Gasteiger partial charge on any atom is 0.338 e. The number of nitrogens with zero attached hydrogens (tertiary/aromatic N) is 1. The minimum atomic E-state index is -0.338. The average Bonchev–Trinajstić information content (AvgIpc) is 3.05. The molecule has 0 radical (unpaired) electrons. The Labute approximate surface area is 137 Å². The van der Waals surface area contributed by atoms with E-state index in [-0.39, 0.29) is 5.97 Å². The molecule has 0 aliphatic heterocycles. The molecule has 2 aromatic heterocycles. The van der Waals surface area contributed by atoms with Gasteiger partial charge in [0.25, 0.3) is 0 Å². The third-order valence-corrected chi connectivity index (χ3v) is 4.74. The van der Waals surface area contributed by atoms with Crippen molar-refractivity contribution in [3.63, 3.8) is 0 Å². The van der Waals surface area contributed by atoms with Crippen molar-refractivity contribution < 1.29 is 9.53 Å². The summed E-state index contributed by atoms with van der Waals surface area (Å²) in [5, 5.41) is 3.38. The number of hydrogen-bond donors (Lipinski definition) is 0. The van der Waals surface area contributed by atoms with Gasteiger partial charge in [-0.15, -0.1) is 11.3 Å². The summed E-state index contributed by atoms with van der Waals surface area (Å²) in [4.78, 5) is 18.0. The largest absolute Gasteiger partial charge is 0.462 e. The molecule has 0 N–H and O–H groups in total. The Morgan fingerprint density at radius 2 is 2.18 bits per heavy atom. The van der Waals surface area contributed by atoms with Crippen LogP contribution >= 0.6 is 22.9 Å². The molecular weight excluding hydrogens is 318 g/mol. The average molecular weight is 332 g/mol. The first kappa shape index (κ1) is 15.0. The number of ether oxygens (including phenoxy) is 1. The number of carbonyl (C=O) groups is 1. The molecule has 0 bridgehead atoms. The summed E-state index contributed by atoms with van der Waals surface area (Å²) in [6, 6.07) is 9.34. The van der Waals surface area contributed by atoms with E-state index in [1.54, 1.807) is 30.4 Å². The summed E-state index contributed by atoms with van der Waals surface area (Å²) in [6.07, 6.45) is 0. The van der Waals surface area contributed by atoms with Crippen molar-refractivity contribution in [3.05, 3.63) is 51.9 Å². The number of thiophene rings is 1. The summed E-state index contributed by atoms with van der Waals surface area (Å²) >= 11 is 7.79. The molecule has 112 valence electrons. The van der Waals surface area contributed by atoms with Gasteiger partial charge in [-0.2, -0.15) is 0 Å². The van der Waals surface area contributed by atoms with Gasteiger partial charge in [0, 0.05) is 10.4 Å². The third-order valence-electron chi connectivity index (χ3n) is 3.44. The highest BCUT2D eigenvalue weighted by Gasteiger charge is 2.17. The fraction of sp³-hybridized carbons (Fsp3) is 0.176. The van der Waals surface area contributed by atoms with Crippen molar-refractivity contribution in [1.29, 1.82) is 0 Å². The second-order valence-corrected chi connectivity index (χ2v) is 6.18. The van der Waals surface area contributed by atoms with Crippen LogP contribution in [0.1, 0.15) is 22.8 Å². The first-order valence-corrected chi connectivity index (χ1v) is 8.18. The second-order valence-electron chi connectivity index (χ2n) is 4.82. The first-order valence-electron chi connectivity index (χ1n) is 6.92. The van der Waals surface area contributed by atoms with Crippen molar-refractivity contribution in [1.82, 2.24) is 4.98 Å². The number of esters is 1. The molecule has 5 heteroatoms. The van der Waals surface area contributed by atoms with E-state index in [1.165, 1.54) is 0 Å². The zero-order valence-corrected chi connectivity index (χ0v) is 13.8. The SMILES string of the molecule is CCOC(=O)c1cc(-c2cccs2)nc2c(C)c(Cl)ccc12. The van der Waals surface area contributed by atoms with Crippen LogP contribution in [-0.4, -0.2) is 17.6 Å². The predicted molar refractivity (Wildman–Crippen MR) is 90.8 cm³/mol. The predicted octanol–water partition coefficient (Wildman–Crippen LogP) is 5.10. The molecule has 0 saturated heterocycles. The van der Waals surface area contributed by atoms with Crippen molar-refractivity contribution in [2.45, 2.75) is 13.8 Å². The Hall–Kier alpha value is -1.91. The van der Waals surface area contributed by atoms with Gasteiger partial charge in [0.15, 0.2) is 0 Å². The highest BCUT2D eigenvalue weighted by atomic mass is 35.5. The lowest BCUT2D eigenvalue weighted by atomic mass is 10.0. The number of benzene rings is 1. The van der Waals surface area contributed by atoms with Gasteiger partial charge in [0.05, 0.1) is 28.3 Å². The molecular formula is C17H14ClNO2S. The summed E-state index contributed by atoms with van der Waals surface area (Å²) in [7, 11) is 0. The van der Waals surface area contributed by atoms with E-state index in [1.807, 2.05) is 30.5 Å². The van der Waals surface area contributed by atoms with Crippen molar-refractivity contribution in [2.75, 3.05) is 6.61 Å². The smallest absolute Gasteiger partial charge is 0.338 e. The lowest BCUT2D eigenvalue weighted by Crippen LogP contribution is -2.07. The van der Waals surface area contributed by atoms with Gasteiger partial charge >= 0.3 is 5.97 Å². The molecule has 0 aliphatic carbocycles. The molecule has 0 fully saturated rings. The molecule has 3 rings (SSSR count). The van der Waals surface area contributed by atoms with E-state index in [4.69, 9.17) is 21.3 Å². The molecule has 0 spiro atoms. The van der Waals surface area contributed by atoms with Crippen molar-refractivity contribution in [3.8, 4) is 10.6 Å². The van der Waals surface area contributed by atoms with E-state index in [2.05, 4.69) is 0 Å². The van der Waals surface area contributed by atoms with E-state index in [0.29, 0.717) is 17.2 Å². The van der Waals surface area contributed by atoms with Gasteiger partial charge in [-0.25, -0.2) is 9.78 Å². The molecule has 3 aromatic rings. The van der Waals surface area contributed by atoms with Crippen LogP contribution in [0.3, 0.4) is 0 Å². The lowest BCUT2D eigenvalue weighted by molar-refractivity contribution is 0.0528. The Kier molecular flexibility index (Phi) is 4.14. The van der Waals surface area contributed by atoms with E-state index in [9.17, 15) is 4.79 Å². The fourth-order valence-electron chi connectivity index (χ4n) is 2.33. The number of fused-ring (bicyclic) bond motifs is 1. The van der Waals surface area contributed by atoms with E-state index < -0.39 is 0 Å². The van der Waals surface area contributed by atoms with Crippen LogP contribution in [0.4, 0.5) is 0 Å². The maximum absolute atomic E-state index is 12.3. The van der Waals surface area contributed by atoms with Gasteiger partial charge in [0.1, 0.15) is 0 Å². The minimum absolute atomic E-state index is 0.337. The van der Waals surface area contributed by atoms with E-state index >= 15 is 0 Å². The Morgan fingerprint density at radius 1 is 1.36 bits per heavy atom. The molecule has 3 nitrogen and oxygen atoms in total. The maximum atomic E-state index is 12.3. The quantitative estimate of drug-likeness (QED) is 0.627. The second kappa shape index (κ2) is 6.07. The van der Waals surface area contributed by atoms with Crippen LogP contribution in [0.15, 0.2) is 35.7 Å². The van der Waals surface area contributed by atoms with Crippen molar-refractivity contribution >= 4 is 39.8 Å². The standard InChI is InChI=1S/C17H14ClNO2S/c1-3-21-17(20)12-9-14(15-5-4-8-22-15)19-16-10(2)13(18)7-6-11(12)16/h4-9H,3H2,1-2H3. The highest BCUT2D eigenvalue weighted by Crippen LogP contribution is 2.32. The van der Waals surface area contributed by atoms with Crippen molar-refractivity contribution in [2.24, 2.45) is 0 Å².